The lowest BCUT2D eigenvalue weighted by Crippen LogP contribution is -2.34. The van der Waals surface area contributed by atoms with Crippen LogP contribution in [0.4, 0.5) is 5.69 Å². The van der Waals surface area contributed by atoms with Gasteiger partial charge in [-0.15, -0.1) is 0 Å². The first-order chi connectivity index (χ1) is 12.4. The van der Waals surface area contributed by atoms with Gasteiger partial charge in [0.05, 0.1) is 0 Å². The molecular formula is C21H25ClN2O2. The van der Waals surface area contributed by atoms with Crippen molar-refractivity contribution in [2.75, 3.05) is 18.0 Å². The molecule has 0 aliphatic rings. The normalized spacial score (nSPS) is 10.5. The summed E-state index contributed by atoms with van der Waals surface area (Å²) >= 11 is 5.96. The van der Waals surface area contributed by atoms with E-state index in [1.807, 2.05) is 56.3 Å². The molecule has 0 saturated heterocycles. The van der Waals surface area contributed by atoms with Crippen molar-refractivity contribution in [2.45, 2.75) is 33.6 Å². The van der Waals surface area contributed by atoms with E-state index >= 15 is 0 Å². The number of aryl methyl sites for hydroxylation is 1. The Labute approximate surface area is 160 Å². The Hall–Kier alpha value is -2.33. The van der Waals surface area contributed by atoms with E-state index in [1.54, 1.807) is 4.90 Å². The molecule has 2 rings (SSSR count). The minimum atomic E-state index is -0.0661. The lowest BCUT2D eigenvalue weighted by Gasteiger charge is -2.23. The average molecular weight is 373 g/mol. The molecule has 4 nitrogen and oxygen atoms in total. The van der Waals surface area contributed by atoms with Crippen molar-refractivity contribution in [3.8, 4) is 0 Å². The molecule has 0 heterocycles. The van der Waals surface area contributed by atoms with E-state index in [0.29, 0.717) is 18.1 Å². The summed E-state index contributed by atoms with van der Waals surface area (Å²) in [6.07, 6.45) is 0.988. The fourth-order valence-corrected chi connectivity index (χ4v) is 3.03. The first-order valence-corrected chi connectivity index (χ1v) is 9.11. The molecule has 5 heteroatoms. The predicted octanol–water partition coefficient (Wildman–Crippen LogP) is 4.06. The lowest BCUT2D eigenvalue weighted by molar-refractivity contribution is -0.121. The van der Waals surface area contributed by atoms with Gasteiger partial charge in [-0.2, -0.15) is 0 Å². The Morgan fingerprint density at radius 1 is 1.12 bits per heavy atom. The molecule has 0 radical (unpaired) electrons. The van der Waals surface area contributed by atoms with Gasteiger partial charge in [0, 0.05) is 37.1 Å². The topological polar surface area (TPSA) is 49.4 Å². The smallest absolute Gasteiger partial charge is 0.223 e. The molecule has 26 heavy (non-hydrogen) atoms. The van der Waals surface area contributed by atoms with E-state index in [0.717, 1.165) is 28.8 Å². The van der Waals surface area contributed by atoms with Crippen LogP contribution in [0.15, 0.2) is 42.5 Å². The van der Waals surface area contributed by atoms with Gasteiger partial charge in [-0.25, -0.2) is 0 Å². The maximum absolute atomic E-state index is 12.1. The number of benzene rings is 2. The molecule has 0 aromatic heterocycles. The van der Waals surface area contributed by atoms with Crippen LogP contribution in [0.25, 0.3) is 0 Å². The monoisotopic (exact) mass is 372 g/mol. The zero-order chi connectivity index (χ0) is 19.1. The molecule has 2 aromatic rings. The summed E-state index contributed by atoms with van der Waals surface area (Å²) in [5, 5.41) is 3.60. The maximum atomic E-state index is 12.1. The van der Waals surface area contributed by atoms with Crippen LogP contribution in [0, 0.1) is 13.8 Å². The van der Waals surface area contributed by atoms with Crippen molar-refractivity contribution in [1.82, 2.24) is 5.32 Å². The van der Waals surface area contributed by atoms with E-state index < -0.39 is 0 Å². The van der Waals surface area contributed by atoms with Crippen LogP contribution in [0.5, 0.6) is 0 Å². The largest absolute Gasteiger partial charge is 0.356 e. The molecule has 0 bridgehead atoms. The molecule has 0 unspecified atom stereocenters. The highest BCUT2D eigenvalue weighted by Gasteiger charge is 2.16. The van der Waals surface area contributed by atoms with Crippen molar-refractivity contribution in [3.05, 3.63) is 64.2 Å². The second-order valence-corrected chi connectivity index (χ2v) is 6.81. The second-order valence-electron chi connectivity index (χ2n) is 6.37. The predicted molar refractivity (Wildman–Crippen MR) is 107 cm³/mol. The third kappa shape index (κ3) is 5.60. The Kier molecular flexibility index (Phi) is 7.22. The summed E-state index contributed by atoms with van der Waals surface area (Å²) in [6.45, 7) is 6.44. The lowest BCUT2D eigenvalue weighted by atomic mass is 10.1. The van der Waals surface area contributed by atoms with Crippen LogP contribution in [-0.4, -0.2) is 24.9 Å². The summed E-state index contributed by atoms with van der Waals surface area (Å²) in [7, 11) is 0. The highest BCUT2D eigenvalue weighted by molar-refractivity contribution is 6.30. The molecule has 0 aliphatic heterocycles. The summed E-state index contributed by atoms with van der Waals surface area (Å²) in [4.78, 5) is 25.8. The number of carbonyl (C=O) groups is 2. The second kappa shape index (κ2) is 9.39. The zero-order valence-corrected chi connectivity index (χ0v) is 16.3. The standard InChI is InChI=1S/C21H25ClN2O2/c1-15-6-4-9-20(16(15)2)24(17(3)25)13-11-21(26)23-12-10-18-7-5-8-19(22)14-18/h4-9,14H,10-13H2,1-3H3,(H,23,26). The fourth-order valence-electron chi connectivity index (χ4n) is 2.82. The van der Waals surface area contributed by atoms with Gasteiger partial charge in [-0.1, -0.05) is 35.9 Å². The van der Waals surface area contributed by atoms with E-state index in [9.17, 15) is 9.59 Å². The Balaban J connectivity index is 1.87. The minimum Gasteiger partial charge on any atom is -0.356 e. The van der Waals surface area contributed by atoms with Crippen molar-refractivity contribution in [2.24, 2.45) is 0 Å². The molecule has 0 fully saturated rings. The van der Waals surface area contributed by atoms with Crippen molar-refractivity contribution < 1.29 is 9.59 Å². The summed E-state index contributed by atoms with van der Waals surface area (Å²) in [5.41, 5.74) is 4.13. The van der Waals surface area contributed by atoms with E-state index in [-0.39, 0.29) is 18.2 Å². The molecule has 2 amide bonds. The van der Waals surface area contributed by atoms with Crippen LogP contribution in [-0.2, 0) is 16.0 Å². The number of amides is 2. The highest BCUT2D eigenvalue weighted by Crippen LogP contribution is 2.23. The van der Waals surface area contributed by atoms with Gasteiger partial charge >= 0.3 is 0 Å². The molecule has 1 N–H and O–H groups in total. The number of nitrogens with zero attached hydrogens (tertiary/aromatic N) is 1. The molecule has 2 aromatic carbocycles. The van der Waals surface area contributed by atoms with Gasteiger partial charge < -0.3 is 10.2 Å². The Bertz CT molecular complexity index is 789. The van der Waals surface area contributed by atoms with Gasteiger partial charge in [0.15, 0.2) is 0 Å². The van der Waals surface area contributed by atoms with Crippen molar-refractivity contribution in [1.29, 1.82) is 0 Å². The number of anilines is 1. The first kappa shape index (κ1) is 20.0. The maximum Gasteiger partial charge on any atom is 0.223 e. The fraction of sp³-hybridized carbons (Fsp3) is 0.333. The summed E-state index contributed by atoms with van der Waals surface area (Å²) in [6, 6.07) is 13.5. The highest BCUT2D eigenvalue weighted by atomic mass is 35.5. The van der Waals surface area contributed by atoms with Gasteiger partial charge in [-0.3, -0.25) is 9.59 Å². The van der Waals surface area contributed by atoms with Crippen molar-refractivity contribution in [3.63, 3.8) is 0 Å². The van der Waals surface area contributed by atoms with E-state index in [2.05, 4.69) is 5.32 Å². The van der Waals surface area contributed by atoms with Crippen LogP contribution < -0.4 is 10.2 Å². The Morgan fingerprint density at radius 2 is 1.85 bits per heavy atom. The number of rotatable bonds is 7. The minimum absolute atomic E-state index is 0.0644. The molecule has 0 saturated carbocycles. The SMILES string of the molecule is CC(=O)N(CCC(=O)NCCc1cccc(Cl)c1)c1cccc(C)c1C. The third-order valence-electron chi connectivity index (χ3n) is 4.43. The van der Waals surface area contributed by atoms with E-state index in [1.165, 1.54) is 6.92 Å². The summed E-state index contributed by atoms with van der Waals surface area (Å²) in [5.74, 6) is -0.131. The number of halogens is 1. The molecule has 0 aliphatic carbocycles. The number of hydrogen-bond acceptors (Lipinski definition) is 2. The number of carbonyl (C=O) groups excluding carboxylic acids is 2. The van der Waals surface area contributed by atoms with Gasteiger partial charge in [0.2, 0.25) is 11.8 Å². The van der Waals surface area contributed by atoms with Gasteiger partial charge in [0.1, 0.15) is 0 Å². The van der Waals surface area contributed by atoms with E-state index in [4.69, 9.17) is 11.6 Å². The van der Waals surface area contributed by atoms with Crippen LogP contribution in [0.3, 0.4) is 0 Å². The van der Waals surface area contributed by atoms with Crippen LogP contribution in [0.2, 0.25) is 5.02 Å². The molecular weight excluding hydrogens is 348 g/mol. The first-order valence-electron chi connectivity index (χ1n) is 8.74. The number of nitrogens with one attached hydrogen (secondary N) is 1. The van der Waals surface area contributed by atoms with Gasteiger partial charge in [-0.05, 0) is 55.2 Å². The van der Waals surface area contributed by atoms with Crippen LogP contribution in [0.1, 0.15) is 30.0 Å². The molecule has 138 valence electrons. The van der Waals surface area contributed by atoms with Gasteiger partial charge in [0.25, 0.3) is 0 Å². The molecule has 0 atom stereocenters. The van der Waals surface area contributed by atoms with Crippen LogP contribution >= 0.6 is 11.6 Å². The molecule has 0 spiro atoms. The van der Waals surface area contributed by atoms with Crippen molar-refractivity contribution >= 4 is 29.1 Å². The quantitative estimate of drug-likeness (QED) is 0.796. The average Bonchev–Trinajstić information content (AvgIpc) is 2.58. The zero-order valence-electron chi connectivity index (χ0n) is 15.5. The number of hydrogen-bond donors (Lipinski definition) is 1. The Morgan fingerprint density at radius 3 is 2.54 bits per heavy atom. The third-order valence-corrected chi connectivity index (χ3v) is 4.67. The summed E-state index contributed by atoms with van der Waals surface area (Å²) < 4.78 is 0.